The van der Waals surface area contributed by atoms with Crippen molar-refractivity contribution in [3.63, 3.8) is 0 Å². The van der Waals surface area contributed by atoms with Crippen molar-refractivity contribution in [2.75, 3.05) is 17.7 Å². The number of carbonyl (C=O) groups excluding carboxylic acids is 2. The second-order valence-electron chi connectivity index (χ2n) is 8.17. The Morgan fingerprint density at radius 2 is 1.50 bits per heavy atom. The van der Waals surface area contributed by atoms with Gasteiger partial charge in [0.2, 0.25) is 5.91 Å². The maximum Gasteiger partial charge on any atom is 0.341 e. The van der Waals surface area contributed by atoms with Gasteiger partial charge in [0.05, 0.1) is 12.4 Å². The average Bonchev–Trinajstić information content (AvgIpc) is 3.58. The van der Waals surface area contributed by atoms with E-state index in [1.165, 1.54) is 23.1 Å². The maximum atomic E-state index is 12.9. The van der Waals surface area contributed by atoms with Crippen LogP contribution in [0.2, 0.25) is 0 Å². The zero-order valence-corrected chi connectivity index (χ0v) is 22.2. The molecule has 0 aliphatic carbocycles. The first-order valence-electron chi connectivity index (χ1n) is 12.0. The van der Waals surface area contributed by atoms with Crippen molar-refractivity contribution in [3.05, 3.63) is 102 Å². The lowest BCUT2D eigenvalue weighted by Gasteiger charge is -2.08. The Hall–Kier alpha value is -4.14. The number of benzene rings is 3. The highest BCUT2D eigenvalue weighted by Gasteiger charge is 2.23. The highest BCUT2D eigenvalue weighted by Crippen LogP contribution is 2.37. The summed E-state index contributed by atoms with van der Waals surface area (Å²) in [6.07, 6.45) is 0. The fourth-order valence-corrected chi connectivity index (χ4v) is 5.51. The van der Waals surface area contributed by atoms with Crippen LogP contribution in [-0.2, 0) is 9.53 Å². The number of esters is 1. The van der Waals surface area contributed by atoms with Crippen molar-refractivity contribution in [2.45, 2.75) is 12.1 Å². The molecule has 5 rings (SSSR count). The maximum absolute atomic E-state index is 12.9. The second-order valence-corrected chi connectivity index (χ2v) is 9.97. The van der Waals surface area contributed by atoms with Gasteiger partial charge in [-0.05, 0) is 12.5 Å². The summed E-state index contributed by atoms with van der Waals surface area (Å²) in [4.78, 5) is 30.4. The molecule has 0 saturated heterocycles. The molecule has 0 saturated carbocycles. The molecular formula is C30H24N2O4S2. The predicted molar refractivity (Wildman–Crippen MR) is 152 cm³/mol. The molecule has 0 fully saturated rings. The Labute approximate surface area is 228 Å². The quantitative estimate of drug-likeness (QED) is 0.153. The van der Waals surface area contributed by atoms with Gasteiger partial charge in [0.1, 0.15) is 16.3 Å². The third-order valence-corrected chi connectivity index (χ3v) is 7.35. The van der Waals surface area contributed by atoms with Crippen LogP contribution in [0.5, 0.6) is 0 Å². The molecule has 0 atom stereocenters. The van der Waals surface area contributed by atoms with E-state index < -0.39 is 5.97 Å². The Morgan fingerprint density at radius 3 is 2.13 bits per heavy atom. The smallest absolute Gasteiger partial charge is 0.341 e. The van der Waals surface area contributed by atoms with Crippen LogP contribution in [0.4, 0.5) is 5.00 Å². The van der Waals surface area contributed by atoms with E-state index in [2.05, 4.69) is 5.32 Å². The summed E-state index contributed by atoms with van der Waals surface area (Å²) in [6, 6.07) is 29.1. The van der Waals surface area contributed by atoms with E-state index in [1.807, 2.05) is 96.4 Å². The number of aromatic nitrogens is 1. The number of thioether (sulfide) groups is 1. The van der Waals surface area contributed by atoms with Crippen molar-refractivity contribution in [2.24, 2.45) is 0 Å². The summed E-state index contributed by atoms with van der Waals surface area (Å²) < 4.78 is 11.4. The van der Waals surface area contributed by atoms with Gasteiger partial charge in [-0.25, -0.2) is 9.78 Å². The summed E-state index contributed by atoms with van der Waals surface area (Å²) in [5, 5.41) is 5.58. The molecule has 0 spiro atoms. The molecule has 6 nitrogen and oxygen atoms in total. The molecule has 1 N–H and O–H groups in total. The predicted octanol–water partition coefficient (Wildman–Crippen LogP) is 7.64. The van der Waals surface area contributed by atoms with Gasteiger partial charge in [0, 0.05) is 22.1 Å². The lowest BCUT2D eigenvalue weighted by molar-refractivity contribution is -0.113. The van der Waals surface area contributed by atoms with Crippen molar-refractivity contribution in [1.82, 2.24) is 4.98 Å². The molecule has 0 unspecified atom stereocenters. The van der Waals surface area contributed by atoms with E-state index >= 15 is 0 Å². The number of hydrogen-bond acceptors (Lipinski definition) is 7. The van der Waals surface area contributed by atoms with E-state index in [0.29, 0.717) is 21.5 Å². The second kappa shape index (κ2) is 11.9. The number of nitrogens with zero attached hydrogens (tertiary/aromatic N) is 1. The van der Waals surface area contributed by atoms with Crippen molar-refractivity contribution in [3.8, 4) is 33.7 Å². The highest BCUT2D eigenvalue weighted by molar-refractivity contribution is 7.99. The molecule has 2 heterocycles. The summed E-state index contributed by atoms with van der Waals surface area (Å²) >= 11 is 2.49. The Balaban J connectivity index is 1.36. The molecular weight excluding hydrogens is 516 g/mol. The molecule has 0 radical (unpaired) electrons. The Bertz CT molecular complexity index is 1470. The first kappa shape index (κ1) is 25.5. The van der Waals surface area contributed by atoms with Gasteiger partial charge in [-0.2, -0.15) is 0 Å². The number of carbonyl (C=O) groups is 2. The minimum absolute atomic E-state index is 0.0593. The number of hydrogen-bond donors (Lipinski definition) is 1. The molecule has 2 aromatic heterocycles. The molecule has 1 amide bonds. The van der Waals surface area contributed by atoms with Crippen LogP contribution in [0.3, 0.4) is 0 Å². The number of amides is 1. The molecule has 0 aliphatic rings. The summed E-state index contributed by atoms with van der Waals surface area (Å²) in [6.45, 7) is 1.99. The number of oxazole rings is 1. The first-order chi connectivity index (χ1) is 18.6. The highest BCUT2D eigenvalue weighted by atomic mass is 32.2. The Morgan fingerprint density at radius 1 is 0.895 bits per heavy atom. The number of ether oxygens (including phenoxy) is 1. The molecule has 38 heavy (non-hydrogen) atoms. The van der Waals surface area contributed by atoms with E-state index in [4.69, 9.17) is 14.1 Å². The molecule has 3 aromatic carbocycles. The van der Waals surface area contributed by atoms with Crippen LogP contribution in [-0.4, -0.2) is 29.2 Å². The third-order valence-electron chi connectivity index (χ3n) is 5.63. The topological polar surface area (TPSA) is 81.4 Å². The summed E-state index contributed by atoms with van der Waals surface area (Å²) in [5.41, 5.74) is 4.51. The Kier molecular flexibility index (Phi) is 8.01. The van der Waals surface area contributed by atoms with Crippen LogP contribution in [0.1, 0.15) is 17.3 Å². The van der Waals surface area contributed by atoms with Gasteiger partial charge in [0.15, 0.2) is 5.76 Å². The van der Waals surface area contributed by atoms with Crippen LogP contribution >= 0.6 is 23.1 Å². The van der Waals surface area contributed by atoms with E-state index in [-0.39, 0.29) is 18.3 Å². The molecule has 5 aromatic rings. The van der Waals surface area contributed by atoms with Gasteiger partial charge in [-0.15, -0.1) is 11.3 Å². The monoisotopic (exact) mass is 540 g/mol. The standard InChI is InChI=1S/C30H24N2O4S2/c1-2-35-29(34)25-23(20-12-6-3-7-13-20)18-37-28(25)31-24(33)19-38-30-32-26(21-14-8-4-9-15-21)27(36-30)22-16-10-5-11-17-22/h3-18H,2,19H2,1H3,(H,31,33). The average molecular weight is 541 g/mol. The molecule has 8 heteroatoms. The molecule has 0 bridgehead atoms. The first-order valence-corrected chi connectivity index (χ1v) is 13.9. The van der Waals surface area contributed by atoms with E-state index in [9.17, 15) is 9.59 Å². The number of thiophene rings is 1. The normalized spacial score (nSPS) is 10.8. The lowest BCUT2D eigenvalue weighted by atomic mass is 10.0. The minimum Gasteiger partial charge on any atom is -0.462 e. The molecule has 0 aliphatic heterocycles. The van der Waals surface area contributed by atoms with Gasteiger partial charge in [0.25, 0.3) is 5.22 Å². The SMILES string of the molecule is CCOC(=O)c1c(-c2ccccc2)csc1NC(=O)CSc1nc(-c2ccccc2)c(-c2ccccc2)o1. The van der Waals surface area contributed by atoms with Crippen LogP contribution in [0, 0.1) is 0 Å². The lowest BCUT2D eigenvalue weighted by Crippen LogP contribution is -2.16. The number of rotatable bonds is 9. The third kappa shape index (κ3) is 5.72. The van der Waals surface area contributed by atoms with Crippen molar-refractivity contribution in [1.29, 1.82) is 0 Å². The van der Waals surface area contributed by atoms with E-state index in [0.717, 1.165) is 27.9 Å². The number of nitrogens with one attached hydrogen (secondary N) is 1. The van der Waals surface area contributed by atoms with Gasteiger partial charge < -0.3 is 14.5 Å². The fraction of sp³-hybridized carbons (Fsp3) is 0.100. The van der Waals surface area contributed by atoms with Crippen molar-refractivity contribution >= 4 is 40.0 Å². The minimum atomic E-state index is -0.469. The van der Waals surface area contributed by atoms with Crippen LogP contribution < -0.4 is 5.32 Å². The molecule has 190 valence electrons. The number of anilines is 1. The largest absolute Gasteiger partial charge is 0.462 e. The fourth-order valence-electron chi connectivity index (χ4n) is 3.92. The van der Waals surface area contributed by atoms with E-state index in [1.54, 1.807) is 6.92 Å². The van der Waals surface area contributed by atoms with Gasteiger partial charge >= 0.3 is 5.97 Å². The van der Waals surface area contributed by atoms with Crippen LogP contribution in [0.25, 0.3) is 33.7 Å². The zero-order chi connectivity index (χ0) is 26.3. The van der Waals surface area contributed by atoms with Gasteiger partial charge in [-0.1, -0.05) is 103 Å². The van der Waals surface area contributed by atoms with Gasteiger partial charge in [-0.3, -0.25) is 4.79 Å². The van der Waals surface area contributed by atoms with Crippen molar-refractivity contribution < 1.29 is 18.7 Å². The van der Waals surface area contributed by atoms with Crippen LogP contribution in [0.15, 0.2) is 106 Å². The summed E-state index contributed by atoms with van der Waals surface area (Å²) in [7, 11) is 0. The zero-order valence-electron chi connectivity index (χ0n) is 20.5. The summed E-state index contributed by atoms with van der Waals surface area (Å²) in [5.74, 6) is -0.0369.